The molecule has 84 valence electrons. The second kappa shape index (κ2) is 5.47. The first kappa shape index (κ1) is 10.9. The fraction of sp³-hybridized carbons (Fsp3) is 0.692. The summed E-state index contributed by atoms with van der Waals surface area (Å²) in [6.07, 6.45) is 12.1. The summed E-state index contributed by atoms with van der Waals surface area (Å²) in [6, 6.07) is 0.747. The molecule has 0 aromatic carbocycles. The number of likely N-dealkylation sites (tertiary alicyclic amines) is 1. The Hall–Kier alpha value is -0.600. The zero-order valence-electron chi connectivity index (χ0n) is 9.71. The molecular weight excluding hydrogens is 184 g/mol. The van der Waals surface area contributed by atoms with Crippen LogP contribution in [0.5, 0.6) is 0 Å². The van der Waals surface area contributed by atoms with Gasteiger partial charge in [0.2, 0.25) is 0 Å². The first-order valence-corrected chi connectivity index (χ1v) is 6.13. The van der Waals surface area contributed by atoms with E-state index in [4.69, 9.17) is 0 Å². The van der Waals surface area contributed by atoms with Crippen LogP contribution in [0, 0.1) is 0 Å². The Kier molecular flexibility index (Phi) is 3.98. The van der Waals surface area contributed by atoms with Crippen LogP contribution in [0.2, 0.25) is 0 Å². The van der Waals surface area contributed by atoms with Gasteiger partial charge in [0.15, 0.2) is 0 Å². The summed E-state index contributed by atoms with van der Waals surface area (Å²) in [5, 5.41) is 3.37. The average Bonchev–Trinajstić information content (AvgIpc) is 2.31. The second-order valence-electron chi connectivity index (χ2n) is 4.60. The number of nitrogens with zero attached hydrogens (tertiary/aromatic N) is 1. The van der Waals surface area contributed by atoms with E-state index in [1.807, 2.05) is 0 Å². The normalized spacial score (nSPS) is 24.2. The highest BCUT2D eigenvalue weighted by atomic mass is 15.1. The van der Waals surface area contributed by atoms with Crippen molar-refractivity contribution in [1.82, 2.24) is 10.2 Å². The summed E-state index contributed by atoms with van der Waals surface area (Å²) in [5.41, 5.74) is 1.52. The Morgan fingerprint density at radius 3 is 2.73 bits per heavy atom. The van der Waals surface area contributed by atoms with E-state index < -0.39 is 0 Å². The van der Waals surface area contributed by atoms with Crippen LogP contribution in [0.15, 0.2) is 23.8 Å². The maximum absolute atomic E-state index is 3.37. The highest BCUT2D eigenvalue weighted by Crippen LogP contribution is 2.15. The van der Waals surface area contributed by atoms with Crippen molar-refractivity contribution < 1.29 is 0 Å². The molecule has 0 radical (unpaired) electrons. The molecule has 1 saturated heterocycles. The van der Waals surface area contributed by atoms with Crippen LogP contribution in [-0.4, -0.2) is 37.6 Å². The molecule has 2 rings (SSSR count). The van der Waals surface area contributed by atoms with Crippen molar-refractivity contribution in [3.8, 4) is 0 Å². The summed E-state index contributed by atoms with van der Waals surface area (Å²) < 4.78 is 0. The molecule has 1 aliphatic carbocycles. The zero-order valence-corrected chi connectivity index (χ0v) is 9.71. The van der Waals surface area contributed by atoms with E-state index in [1.54, 1.807) is 0 Å². The molecule has 2 nitrogen and oxygen atoms in total. The molecule has 0 bridgehead atoms. The van der Waals surface area contributed by atoms with E-state index in [1.165, 1.54) is 44.3 Å². The van der Waals surface area contributed by atoms with Gasteiger partial charge >= 0.3 is 0 Å². The third-order valence-electron chi connectivity index (χ3n) is 3.47. The summed E-state index contributed by atoms with van der Waals surface area (Å²) in [7, 11) is 2.08. The summed E-state index contributed by atoms with van der Waals surface area (Å²) in [4.78, 5) is 2.58. The van der Waals surface area contributed by atoms with Crippen molar-refractivity contribution >= 4 is 0 Å². The van der Waals surface area contributed by atoms with Crippen molar-refractivity contribution in [2.24, 2.45) is 0 Å². The van der Waals surface area contributed by atoms with Gasteiger partial charge in [0.25, 0.3) is 0 Å². The van der Waals surface area contributed by atoms with Crippen LogP contribution in [0.25, 0.3) is 0 Å². The first-order chi connectivity index (χ1) is 7.38. The molecule has 15 heavy (non-hydrogen) atoms. The van der Waals surface area contributed by atoms with E-state index in [0.29, 0.717) is 0 Å². The van der Waals surface area contributed by atoms with Crippen LogP contribution >= 0.6 is 0 Å². The van der Waals surface area contributed by atoms with Gasteiger partial charge in [0.1, 0.15) is 0 Å². The fourth-order valence-corrected chi connectivity index (χ4v) is 2.42. The van der Waals surface area contributed by atoms with Crippen LogP contribution in [-0.2, 0) is 0 Å². The van der Waals surface area contributed by atoms with Crippen LogP contribution in [0.1, 0.15) is 25.7 Å². The van der Waals surface area contributed by atoms with E-state index in [9.17, 15) is 0 Å². The van der Waals surface area contributed by atoms with Crippen molar-refractivity contribution in [2.45, 2.75) is 31.7 Å². The predicted octanol–water partition coefficient (Wildman–Crippen LogP) is 1.95. The number of allylic oxidation sites excluding steroid dienone is 2. The lowest BCUT2D eigenvalue weighted by Crippen LogP contribution is -2.41. The SMILES string of the molecule is CNC1CCN(CC2=CCCC=C2)CC1. The van der Waals surface area contributed by atoms with E-state index in [2.05, 4.69) is 35.5 Å². The van der Waals surface area contributed by atoms with Gasteiger partial charge in [-0.15, -0.1) is 0 Å². The van der Waals surface area contributed by atoms with Gasteiger partial charge < -0.3 is 5.32 Å². The molecule has 0 atom stereocenters. The van der Waals surface area contributed by atoms with E-state index in [0.717, 1.165) is 12.6 Å². The molecule has 0 saturated carbocycles. The molecular formula is C13H22N2. The number of piperidine rings is 1. The highest BCUT2D eigenvalue weighted by molar-refractivity contribution is 5.23. The van der Waals surface area contributed by atoms with Gasteiger partial charge in [0.05, 0.1) is 0 Å². The minimum absolute atomic E-state index is 0.747. The molecule has 1 N–H and O–H groups in total. The third-order valence-corrected chi connectivity index (χ3v) is 3.47. The Labute approximate surface area is 93.0 Å². The highest BCUT2D eigenvalue weighted by Gasteiger charge is 2.17. The average molecular weight is 206 g/mol. The van der Waals surface area contributed by atoms with Crippen LogP contribution in [0.4, 0.5) is 0 Å². The summed E-state index contributed by atoms with van der Waals surface area (Å²) in [6.45, 7) is 3.65. The lowest BCUT2D eigenvalue weighted by molar-refractivity contribution is 0.217. The Balaban J connectivity index is 1.76. The molecule has 1 aliphatic heterocycles. The minimum atomic E-state index is 0.747. The van der Waals surface area contributed by atoms with Crippen molar-refractivity contribution in [2.75, 3.05) is 26.7 Å². The van der Waals surface area contributed by atoms with Crippen molar-refractivity contribution in [3.05, 3.63) is 23.8 Å². The Morgan fingerprint density at radius 1 is 1.33 bits per heavy atom. The molecule has 0 aromatic rings. The Morgan fingerprint density at radius 2 is 2.13 bits per heavy atom. The summed E-state index contributed by atoms with van der Waals surface area (Å²) in [5.74, 6) is 0. The molecule has 0 spiro atoms. The molecule has 2 aliphatic rings. The van der Waals surface area contributed by atoms with Crippen LogP contribution < -0.4 is 5.32 Å². The number of hydrogen-bond donors (Lipinski definition) is 1. The van der Waals surface area contributed by atoms with Gasteiger partial charge in [-0.25, -0.2) is 0 Å². The monoisotopic (exact) mass is 206 g/mol. The molecule has 0 amide bonds. The standard InChI is InChI=1S/C13H22N2/c1-14-13-7-9-15(10-8-13)11-12-5-3-2-4-6-12/h3,5-6,13-14H,2,4,7-11H2,1H3. The molecule has 2 heteroatoms. The van der Waals surface area contributed by atoms with Crippen molar-refractivity contribution in [3.63, 3.8) is 0 Å². The van der Waals surface area contributed by atoms with Gasteiger partial charge in [-0.05, 0) is 51.4 Å². The third kappa shape index (κ3) is 3.18. The van der Waals surface area contributed by atoms with Gasteiger partial charge in [-0.2, -0.15) is 0 Å². The molecule has 0 unspecified atom stereocenters. The molecule has 0 aromatic heterocycles. The minimum Gasteiger partial charge on any atom is -0.317 e. The topological polar surface area (TPSA) is 15.3 Å². The number of hydrogen-bond acceptors (Lipinski definition) is 2. The molecule has 1 fully saturated rings. The summed E-state index contributed by atoms with van der Waals surface area (Å²) >= 11 is 0. The van der Waals surface area contributed by atoms with E-state index >= 15 is 0 Å². The van der Waals surface area contributed by atoms with Crippen LogP contribution in [0.3, 0.4) is 0 Å². The van der Waals surface area contributed by atoms with Gasteiger partial charge in [0, 0.05) is 12.6 Å². The van der Waals surface area contributed by atoms with Gasteiger partial charge in [-0.3, -0.25) is 4.90 Å². The lowest BCUT2D eigenvalue weighted by Gasteiger charge is -2.32. The smallest absolute Gasteiger partial charge is 0.0230 e. The molecule has 1 heterocycles. The maximum atomic E-state index is 3.37. The number of rotatable bonds is 3. The zero-order chi connectivity index (χ0) is 10.5. The Bertz CT molecular complexity index is 247. The fourth-order valence-electron chi connectivity index (χ4n) is 2.42. The largest absolute Gasteiger partial charge is 0.317 e. The van der Waals surface area contributed by atoms with E-state index in [-0.39, 0.29) is 0 Å². The predicted molar refractivity (Wildman–Crippen MR) is 65.0 cm³/mol. The first-order valence-electron chi connectivity index (χ1n) is 6.13. The quantitative estimate of drug-likeness (QED) is 0.759. The maximum Gasteiger partial charge on any atom is 0.0230 e. The lowest BCUT2D eigenvalue weighted by atomic mass is 10.0. The van der Waals surface area contributed by atoms with Crippen molar-refractivity contribution in [1.29, 1.82) is 0 Å². The number of nitrogens with one attached hydrogen (secondary N) is 1. The second-order valence-corrected chi connectivity index (χ2v) is 4.60. The van der Waals surface area contributed by atoms with Gasteiger partial charge in [-0.1, -0.05) is 18.2 Å².